The zero-order valence-electron chi connectivity index (χ0n) is 10.9. The van der Waals surface area contributed by atoms with Gasteiger partial charge < -0.3 is 10.7 Å². The van der Waals surface area contributed by atoms with E-state index in [1.807, 2.05) is 0 Å². The average Bonchev–Trinajstić information content (AvgIpc) is 2.40. The molecule has 112 valence electrons. The van der Waals surface area contributed by atoms with Gasteiger partial charge in [-0.2, -0.15) is 4.98 Å². The van der Waals surface area contributed by atoms with Crippen LogP contribution in [0, 0.1) is 11.6 Å². The maximum Gasteiger partial charge on any atom is 0.345 e. The molecule has 0 saturated carbocycles. The molecule has 0 bridgehead atoms. The molecular weight excluding hydrogens is 304 g/mol. The number of aryl methyl sites for hydroxylation is 1. The van der Waals surface area contributed by atoms with E-state index in [0.717, 1.165) is 12.1 Å². The van der Waals surface area contributed by atoms with E-state index in [-0.39, 0.29) is 29.2 Å². The van der Waals surface area contributed by atoms with E-state index in [1.165, 1.54) is 6.07 Å². The zero-order chi connectivity index (χ0) is 14.9. The Morgan fingerprint density at radius 1 is 1.33 bits per heavy atom. The highest BCUT2D eigenvalue weighted by atomic mass is 35.5. The van der Waals surface area contributed by atoms with Crippen molar-refractivity contribution in [3.8, 4) is 11.3 Å². The van der Waals surface area contributed by atoms with Crippen molar-refractivity contribution in [2.75, 3.05) is 0 Å². The van der Waals surface area contributed by atoms with Gasteiger partial charge in [0.25, 0.3) is 5.91 Å². The smallest absolute Gasteiger partial charge is 0.345 e. The second-order valence-corrected chi connectivity index (χ2v) is 4.09. The topological polar surface area (TPSA) is 88.8 Å². The Morgan fingerprint density at radius 3 is 2.52 bits per heavy atom. The van der Waals surface area contributed by atoms with E-state index in [1.54, 1.807) is 6.92 Å². The number of hydrogen-bond acceptors (Lipinski definition) is 3. The summed E-state index contributed by atoms with van der Waals surface area (Å²) in [5.74, 6) is -2.93. The van der Waals surface area contributed by atoms with Gasteiger partial charge in [-0.3, -0.25) is 4.79 Å². The highest BCUT2D eigenvalue weighted by Crippen LogP contribution is 2.23. The predicted octanol–water partition coefficient (Wildman–Crippen LogP) is 1.80. The molecule has 21 heavy (non-hydrogen) atoms. The van der Waals surface area contributed by atoms with E-state index in [4.69, 9.17) is 5.73 Å². The first-order valence-corrected chi connectivity index (χ1v) is 5.82. The molecule has 0 atom stereocenters. The predicted molar refractivity (Wildman–Crippen MR) is 75.4 cm³/mol. The Morgan fingerprint density at radius 2 is 2.00 bits per heavy atom. The van der Waals surface area contributed by atoms with Gasteiger partial charge in [-0.15, -0.1) is 12.4 Å². The highest BCUT2D eigenvalue weighted by molar-refractivity contribution is 5.99. The molecule has 1 aromatic carbocycles. The quantitative estimate of drug-likeness (QED) is 0.905. The van der Waals surface area contributed by atoms with Crippen molar-refractivity contribution < 1.29 is 13.6 Å². The van der Waals surface area contributed by atoms with E-state index < -0.39 is 23.2 Å². The molecule has 0 fully saturated rings. The van der Waals surface area contributed by atoms with Crippen molar-refractivity contribution in [1.82, 2.24) is 9.97 Å². The summed E-state index contributed by atoms with van der Waals surface area (Å²) in [7, 11) is 0. The SMILES string of the molecule is CCc1[nH]c(=O)nc(-c2ccc(F)c(F)c2)c1C(N)=O.Cl. The van der Waals surface area contributed by atoms with Crippen LogP contribution in [0.3, 0.4) is 0 Å². The minimum Gasteiger partial charge on any atom is -0.365 e. The summed E-state index contributed by atoms with van der Waals surface area (Å²) in [5, 5.41) is 0. The molecule has 5 nitrogen and oxygen atoms in total. The van der Waals surface area contributed by atoms with Crippen molar-refractivity contribution in [2.45, 2.75) is 13.3 Å². The van der Waals surface area contributed by atoms with Crippen LogP contribution in [-0.2, 0) is 6.42 Å². The number of aromatic amines is 1. The number of rotatable bonds is 3. The molecule has 8 heteroatoms. The number of nitrogens with two attached hydrogens (primary N) is 1. The lowest BCUT2D eigenvalue weighted by Crippen LogP contribution is -2.23. The van der Waals surface area contributed by atoms with Crippen molar-refractivity contribution in [2.24, 2.45) is 5.73 Å². The second kappa shape index (κ2) is 6.45. The van der Waals surface area contributed by atoms with E-state index >= 15 is 0 Å². The molecule has 3 N–H and O–H groups in total. The summed E-state index contributed by atoms with van der Waals surface area (Å²) < 4.78 is 26.2. The lowest BCUT2D eigenvalue weighted by Gasteiger charge is -2.10. The number of halogens is 3. The number of H-pyrrole nitrogens is 1. The summed E-state index contributed by atoms with van der Waals surface area (Å²) >= 11 is 0. The van der Waals surface area contributed by atoms with Crippen LogP contribution in [0.1, 0.15) is 23.0 Å². The van der Waals surface area contributed by atoms with Crippen LogP contribution in [0.2, 0.25) is 0 Å². The Hall–Kier alpha value is -2.28. The van der Waals surface area contributed by atoms with Gasteiger partial charge in [-0.1, -0.05) is 6.92 Å². The van der Waals surface area contributed by atoms with Crippen molar-refractivity contribution in [3.63, 3.8) is 0 Å². The first-order chi connectivity index (χ1) is 9.43. The van der Waals surface area contributed by atoms with Crippen molar-refractivity contribution >= 4 is 18.3 Å². The largest absolute Gasteiger partial charge is 0.365 e. The number of nitrogens with zero attached hydrogens (tertiary/aromatic N) is 1. The first kappa shape index (κ1) is 16.8. The van der Waals surface area contributed by atoms with Crippen LogP contribution in [0.25, 0.3) is 11.3 Å². The van der Waals surface area contributed by atoms with Gasteiger partial charge in [0.2, 0.25) is 0 Å². The third kappa shape index (κ3) is 3.25. The van der Waals surface area contributed by atoms with Crippen molar-refractivity contribution in [1.29, 1.82) is 0 Å². The van der Waals surface area contributed by atoms with Gasteiger partial charge in [-0.25, -0.2) is 13.6 Å². The standard InChI is InChI=1S/C13H11F2N3O2.ClH/c1-2-9-10(12(16)19)11(18-13(20)17-9)6-3-4-7(14)8(15)5-6;/h3-5H,2H2,1H3,(H2,16,19)(H,17,18,20);1H. The van der Waals surface area contributed by atoms with Crippen LogP contribution in [0.15, 0.2) is 23.0 Å². The van der Waals surface area contributed by atoms with E-state index in [0.29, 0.717) is 12.1 Å². The fraction of sp³-hybridized carbons (Fsp3) is 0.154. The number of benzene rings is 1. The third-order valence-corrected chi connectivity index (χ3v) is 2.80. The minimum absolute atomic E-state index is 0. The maximum absolute atomic E-state index is 13.3. The van der Waals surface area contributed by atoms with Crippen LogP contribution in [0.5, 0.6) is 0 Å². The molecule has 2 rings (SSSR count). The molecule has 0 aliphatic rings. The Kier molecular flexibility index (Phi) is 5.15. The lowest BCUT2D eigenvalue weighted by molar-refractivity contribution is 0.0999. The maximum atomic E-state index is 13.3. The molecule has 2 aromatic rings. The molecular formula is C13H12ClF2N3O2. The highest BCUT2D eigenvalue weighted by Gasteiger charge is 2.18. The Labute approximate surface area is 124 Å². The zero-order valence-corrected chi connectivity index (χ0v) is 11.8. The number of primary amides is 1. The van der Waals surface area contributed by atoms with Gasteiger partial charge >= 0.3 is 5.69 Å². The molecule has 1 heterocycles. The number of hydrogen-bond donors (Lipinski definition) is 2. The number of nitrogens with one attached hydrogen (secondary N) is 1. The average molecular weight is 316 g/mol. The Bertz CT molecular complexity index is 747. The first-order valence-electron chi connectivity index (χ1n) is 5.82. The number of carbonyl (C=O) groups is 1. The molecule has 0 aliphatic heterocycles. The molecule has 0 radical (unpaired) electrons. The van der Waals surface area contributed by atoms with Crippen LogP contribution < -0.4 is 11.4 Å². The summed E-state index contributed by atoms with van der Waals surface area (Å²) in [5.41, 5.74) is 4.94. The molecule has 1 amide bonds. The molecule has 0 spiro atoms. The van der Waals surface area contributed by atoms with Gasteiger partial charge in [0.15, 0.2) is 11.6 Å². The minimum atomic E-state index is -1.10. The third-order valence-electron chi connectivity index (χ3n) is 2.80. The number of carbonyl (C=O) groups excluding carboxylic acids is 1. The molecule has 0 aliphatic carbocycles. The van der Waals surface area contributed by atoms with E-state index in [9.17, 15) is 18.4 Å². The summed E-state index contributed by atoms with van der Waals surface area (Å²) in [6.07, 6.45) is 0.340. The van der Waals surface area contributed by atoms with Crippen LogP contribution in [-0.4, -0.2) is 15.9 Å². The van der Waals surface area contributed by atoms with Crippen molar-refractivity contribution in [3.05, 3.63) is 51.6 Å². The van der Waals surface area contributed by atoms with Gasteiger partial charge in [-0.05, 0) is 24.6 Å². The molecule has 0 unspecified atom stereocenters. The van der Waals surface area contributed by atoms with Gasteiger partial charge in [0.1, 0.15) is 0 Å². The van der Waals surface area contributed by atoms with Gasteiger partial charge in [0, 0.05) is 11.3 Å². The summed E-state index contributed by atoms with van der Waals surface area (Å²) in [6.45, 7) is 1.72. The number of amides is 1. The Balaban J connectivity index is 0.00000220. The molecule has 1 aromatic heterocycles. The fourth-order valence-electron chi connectivity index (χ4n) is 1.90. The van der Waals surface area contributed by atoms with E-state index in [2.05, 4.69) is 9.97 Å². The normalized spacial score (nSPS) is 10.0. The lowest BCUT2D eigenvalue weighted by atomic mass is 10.0. The molecule has 0 saturated heterocycles. The van der Waals surface area contributed by atoms with Crippen LogP contribution >= 0.6 is 12.4 Å². The van der Waals surface area contributed by atoms with Crippen LogP contribution in [0.4, 0.5) is 8.78 Å². The number of aromatic nitrogens is 2. The summed E-state index contributed by atoms with van der Waals surface area (Å²) in [6, 6.07) is 2.99. The summed E-state index contributed by atoms with van der Waals surface area (Å²) in [4.78, 5) is 29.1. The van der Waals surface area contributed by atoms with Gasteiger partial charge in [0.05, 0.1) is 11.3 Å². The monoisotopic (exact) mass is 315 g/mol. The second-order valence-electron chi connectivity index (χ2n) is 4.09. The fourth-order valence-corrected chi connectivity index (χ4v) is 1.90.